The SMILES string of the molecule is CN(C)c1cccc(NCCc2ccccc2)c1. The molecule has 2 aromatic carbocycles. The maximum Gasteiger partial charge on any atom is 0.0381 e. The number of rotatable bonds is 5. The van der Waals surface area contributed by atoms with Crippen LogP contribution in [0.25, 0.3) is 0 Å². The molecule has 0 spiro atoms. The van der Waals surface area contributed by atoms with E-state index in [1.807, 2.05) is 0 Å². The minimum atomic E-state index is 0.959. The summed E-state index contributed by atoms with van der Waals surface area (Å²) < 4.78 is 0. The van der Waals surface area contributed by atoms with Crippen molar-refractivity contribution in [2.24, 2.45) is 0 Å². The maximum absolute atomic E-state index is 3.46. The Labute approximate surface area is 109 Å². The van der Waals surface area contributed by atoms with Crippen molar-refractivity contribution in [3.63, 3.8) is 0 Å². The lowest BCUT2D eigenvalue weighted by atomic mass is 10.1. The molecule has 1 N–H and O–H groups in total. The fourth-order valence-electron chi connectivity index (χ4n) is 1.89. The second-order valence-corrected chi connectivity index (χ2v) is 4.61. The van der Waals surface area contributed by atoms with Gasteiger partial charge in [-0.15, -0.1) is 0 Å². The molecule has 2 aromatic rings. The summed E-state index contributed by atoms with van der Waals surface area (Å²) in [6.45, 7) is 0.959. The fourth-order valence-corrected chi connectivity index (χ4v) is 1.89. The van der Waals surface area contributed by atoms with Crippen molar-refractivity contribution in [3.8, 4) is 0 Å². The minimum absolute atomic E-state index is 0.959. The van der Waals surface area contributed by atoms with E-state index >= 15 is 0 Å². The molecule has 0 radical (unpaired) electrons. The first-order valence-electron chi connectivity index (χ1n) is 6.31. The van der Waals surface area contributed by atoms with Crippen molar-refractivity contribution in [2.45, 2.75) is 6.42 Å². The Balaban J connectivity index is 1.89. The molecular weight excluding hydrogens is 220 g/mol. The number of hydrogen-bond donors (Lipinski definition) is 1. The highest BCUT2D eigenvalue weighted by atomic mass is 15.1. The van der Waals surface area contributed by atoms with Crippen LogP contribution < -0.4 is 10.2 Å². The van der Waals surface area contributed by atoms with E-state index in [0.29, 0.717) is 0 Å². The Morgan fingerprint density at radius 3 is 2.44 bits per heavy atom. The first-order valence-corrected chi connectivity index (χ1v) is 6.31. The highest BCUT2D eigenvalue weighted by Gasteiger charge is 1.97. The third-order valence-corrected chi connectivity index (χ3v) is 2.95. The van der Waals surface area contributed by atoms with E-state index in [1.165, 1.54) is 16.9 Å². The normalized spacial score (nSPS) is 10.1. The highest BCUT2D eigenvalue weighted by molar-refractivity contribution is 5.57. The molecule has 2 rings (SSSR count). The molecule has 2 heteroatoms. The Morgan fingerprint density at radius 1 is 0.944 bits per heavy atom. The number of anilines is 2. The third kappa shape index (κ3) is 3.52. The average molecular weight is 240 g/mol. The summed E-state index contributed by atoms with van der Waals surface area (Å²) in [5.74, 6) is 0. The zero-order valence-corrected chi connectivity index (χ0v) is 11.1. The van der Waals surface area contributed by atoms with Crippen molar-refractivity contribution < 1.29 is 0 Å². The summed E-state index contributed by atoms with van der Waals surface area (Å²) >= 11 is 0. The van der Waals surface area contributed by atoms with Crippen molar-refractivity contribution in [2.75, 3.05) is 30.9 Å². The van der Waals surface area contributed by atoms with Crippen LogP contribution in [0.4, 0.5) is 11.4 Å². The number of nitrogens with one attached hydrogen (secondary N) is 1. The molecule has 18 heavy (non-hydrogen) atoms. The quantitative estimate of drug-likeness (QED) is 0.861. The monoisotopic (exact) mass is 240 g/mol. The second kappa shape index (κ2) is 6.10. The van der Waals surface area contributed by atoms with Crippen LogP contribution in [0.1, 0.15) is 5.56 Å². The topological polar surface area (TPSA) is 15.3 Å². The Morgan fingerprint density at radius 2 is 1.72 bits per heavy atom. The summed E-state index contributed by atoms with van der Waals surface area (Å²) in [7, 11) is 4.12. The lowest BCUT2D eigenvalue weighted by molar-refractivity contribution is 1.02. The van der Waals surface area contributed by atoms with Crippen LogP contribution in [0.3, 0.4) is 0 Å². The van der Waals surface area contributed by atoms with Crippen LogP contribution in [0.5, 0.6) is 0 Å². The zero-order valence-electron chi connectivity index (χ0n) is 11.1. The van der Waals surface area contributed by atoms with Gasteiger partial charge in [0.15, 0.2) is 0 Å². The van der Waals surface area contributed by atoms with E-state index in [4.69, 9.17) is 0 Å². The molecule has 0 bridgehead atoms. The molecule has 0 atom stereocenters. The van der Waals surface area contributed by atoms with E-state index in [-0.39, 0.29) is 0 Å². The summed E-state index contributed by atoms with van der Waals surface area (Å²) in [4.78, 5) is 2.11. The van der Waals surface area contributed by atoms with Crippen LogP contribution in [0.2, 0.25) is 0 Å². The Bertz CT molecular complexity index is 477. The molecule has 0 amide bonds. The van der Waals surface area contributed by atoms with Crippen molar-refractivity contribution in [1.29, 1.82) is 0 Å². The largest absolute Gasteiger partial charge is 0.385 e. The molecule has 0 saturated carbocycles. The Hall–Kier alpha value is -1.96. The molecule has 0 heterocycles. The second-order valence-electron chi connectivity index (χ2n) is 4.61. The van der Waals surface area contributed by atoms with Gasteiger partial charge < -0.3 is 10.2 Å². The van der Waals surface area contributed by atoms with Gasteiger partial charge in [-0.25, -0.2) is 0 Å². The highest BCUT2D eigenvalue weighted by Crippen LogP contribution is 2.17. The van der Waals surface area contributed by atoms with Crippen LogP contribution in [0.15, 0.2) is 54.6 Å². The molecule has 2 nitrogen and oxygen atoms in total. The van der Waals surface area contributed by atoms with Gasteiger partial charge in [-0.2, -0.15) is 0 Å². The van der Waals surface area contributed by atoms with E-state index in [9.17, 15) is 0 Å². The standard InChI is InChI=1S/C16H20N2/c1-18(2)16-10-6-9-15(13-16)17-12-11-14-7-4-3-5-8-14/h3-10,13,17H,11-12H2,1-2H3. The van der Waals surface area contributed by atoms with E-state index in [0.717, 1.165) is 13.0 Å². The molecule has 0 aromatic heterocycles. The van der Waals surface area contributed by atoms with E-state index in [2.05, 4.69) is 78.9 Å². The minimum Gasteiger partial charge on any atom is -0.385 e. The summed E-state index contributed by atoms with van der Waals surface area (Å²) in [5, 5.41) is 3.46. The van der Waals surface area contributed by atoms with Gasteiger partial charge >= 0.3 is 0 Å². The van der Waals surface area contributed by atoms with Crippen molar-refractivity contribution >= 4 is 11.4 Å². The van der Waals surface area contributed by atoms with Crippen LogP contribution in [-0.4, -0.2) is 20.6 Å². The van der Waals surface area contributed by atoms with Gasteiger partial charge in [0.05, 0.1) is 0 Å². The first kappa shape index (κ1) is 12.5. The van der Waals surface area contributed by atoms with Gasteiger partial charge in [0.25, 0.3) is 0 Å². The van der Waals surface area contributed by atoms with Gasteiger partial charge in [-0.05, 0) is 30.2 Å². The Kier molecular flexibility index (Phi) is 4.24. The van der Waals surface area contributed by atoms with Crippen LogP contribution in [-0.2, 0) is 6.42 Å². The molecule has 94 valence electrons. The fraction of sp³-hybridized carbons (Fsp3) is 0.250. The van der Waals surface area contributed by atoms with Gasteiger partial charge in [0.1, 0.15) is 0 Å². The maximum atomic E-state index is 3.46. The summed E-state index contributed by atoms with van der Waals surface area (Å²) in [6, 6.07) is 19.0. The molecule has 0 unspecified atom stereocenters. The zero-order chi connectivity index (χ0) is 12.8. The lowest BCUT2D eigenvalue weighted by Gasteiger charge is -2.14. The van der Waals surface area contributed by atoms with E-state index < -0.39 is 0 Å². The number of nitrogens with zero attached hydrogens (tertiary/aromatic N) is 1. The predicted molar refractivity (Wildman–Crippen MR) is 79.4 cm³/mol. The van der Waals surface area contributed by atoms with Gasteiger partial charge in [-0.3, -0.25) is 0 Å². The smallest absolute Gasteiger partial charge is 0.0381 e. The molecule has 0 fully saturated rings. The molecule has 0 aliphatic rings. The van der Waals surface area contributed by atoms with E-state index in [1.54, 1.807) is 0 Å². The molecule has 0 aliphatic heterocycles. The first-order chi connectivity index (χ1) is 8.75. The number of hydrogen-bond acceptors (Lipinski definition) is 2. The summed E-state index contributed by atoms with van der Waals surface area (Å²) in [6.07, 6.45) is 1.05. The lowest BCUT2D eigenvalue weighted by Crippen LogP contribution is -2.10. The third-order valence-electron chi connectivity index (χ3n) is 2.95. The molecular formula is C16H20N2. The van der Waals surface area contributed by atoms with Gasteiger partial charge in [-0.1, -0.05) is 36.4 Å². The average Bonchev–Trinajstić information content (AvgIpc) is 2.40. The summed E-state index contributed by atoms with van der Waals surface area (Å²) in [5.41, 5.74) is 3.77. The molecule has 0 saturated heterocycles. The van der Waals surface area contributed by atoms with Crippen molar-refractivity contribution in [3.05, 3.63) is 60.2 Å². The molecule has 0 aliphatic carbocycles. The van der Waals surface area contributed by atoms with Crippen LogP contribution in [0, 0.1) is 0 Å². The van der Waals surface area contributed by atoms with Gasteiger partial charge in [0, 0.05) is 32.0 Å². The van der Waals surface area contributed by atoms with Gasteiger partial charge in [0.2, 0.25) is 0 Å². The number of benzene rings is 2. The predicted octanol–water partition coefficient (Wildman–Crippen LogP) is 3.41. The van der Waals surface area contributed by atoms with Crippen molar-refractivity contribution in [1.82, 2.24) is 0 Å². The van der Waals surface area contributed by atoms with Crippen LogP contribution >= 0.6 is 0 Å².